The molecule has 152 valence electrons. The Balaban J connectivity index is 1.50. The quantitative estimate of drug-likeness (QED) is 0.522. The summed E-state index contributed by atoms with van der Waals surface area (Å²) in [7, 11) is 0. The van der Waals surface area contributed by atoms with E-state index >= 15 is 0 Å². The summed E-state index contributed by atoms with van der Waals surface area (Å²) in [6.07, 6.45) is 0. The Kier molecular flexibility index (Phi) is 5.23. The molecule has 0 bridgehead atoms. The molecule has 0 spiro atoms. The summed E-state index contributed by atoms with van der Waals surface area (Å²) in [6.45, 7) is 7.45. The fraction of sp³-hybridized carbons (Fsp3) is 0.200. The van der Waals surface area contributed by atoms with Crippen LogP contribution in [0.15, 0.2) is 36.4 Å². The first-order chi connectivity index (χ1) is 14.4. The van der Waals surface area contributed by atoms with Crippen molar-refractivity contribution >= 4 is 23.1 Å². The fourth-order valence-corrected chi connectivity index (χ4v) is 3.45. The maximum atomic E-state index is 12.3. The van der Waals surface area contributed by atoms with Crippen LogP contribution in [0.25, 0.3) is 5.82 Å². The number of benzene rings is 1. The number of hydrogen-bond donors (Lipinski definition) is 1. The highest BCUT2D eigenvalue weighted by Gasteiger charge is 2.14. The zero-order valence-corrected chi connectivity index (χ0v) is 17.7. The lowest BCUT2D eigenvalue weighted by Gasteiger charge is -2.10. The molecule has 30 heavy (non-hydrogen) atoms. The highest BCUT2D eigenvalue weighted by Crippen LogP contribution is 2.24. The van der Waals surface area contributed by atoms with Gasteiger partial charge in [0, 0.05) is 17.4 Å². The molecular formula is C20H19N7O2S. The van der Waals surface area contributed by atoms with Crippen LogP contribution in [0.4, 0.5) is 5.69 Å². The lowest BCUT2D eigenvalue weighted by molar-refractivity contribution is 0.103. The summed E-state index contributed by atoms with van der Waals surface area (Å²) < 4.78 is 11.4. The summed E-state index contributed by atoms with van der Waals surface area (Å²) in [6, 6.07) is 10.7. The summed E-state index contributed by atoms with van der Waals surface area (Å²) in [5.41, 5.74) is 3.13. The van der Waals surface area contributed by atoms with E-state index in [-0.39, 0.29) is 5.91 Å². The highest BCUT2D eigenvalue weighted by molar-refractivity contribution is 7.08. The molecule has 1 aromatic carbocycles. The van der Waals surface area contributed by atoms with Crippen LogP contribution < -0.4 is 10.1 Å². The van der Waals surface area contributed by atoms with E-state index in [0.29, 0.717) is 39.5 Å². The summed E-state index contributed by atoms with van der Waals surface area (Å²) >= 11 is 1.07. The van der Waals surface area contributed by atoms with Gasteiger partial charge in [-0.15, -0.1) is 5.10 Å². The summed E-state index contributed by atoms with van der Waals surface area (Å²) in [5.74, 6) is 1.97. The molecule has 0 aliphatic heterocycles. The monoisotopic (exact) mass is 421 g/mol. The van der Waals surface area contributed by atoms with Crippen molar-refractivity contribution in [3.63, 3.8) is 0 Å². The van der Waals surface area contributed by atoms with Crippen molar-refractivity contribution in [3.05, 3.63) is 64.2 Å². The first-order valence-electron chi connectivity index (χ1n) is 9.16. The van der Waals surface area contributed by atoms with Crippen LogP contribution in [-0.2, 0) is 0 Å². The number of hydrogen-bond acceptors (Lipinski definition) is 8. The van der Waals surface area contributed by atoms with Crippen molar-refractivity contribution in [1.29, 1.82) is 0 Å². The molecule has 0 aliphatic rings. The van der Waals surface area contributed by atoms with Gasteiger partial charge in [0.2, 0.25) is 5.88 Å². The van der Waals surface area contributed by atoms with Gasteiger partial charge in [0.25, 0.3) is 5.91 Å². The van der Waals surface area contributed by atoms with Gasteiger partial charge in [-0.1, -0.05) is 4.49 Å². The van der Waals surface area contributed by atoms with Crippen molar-refractivity contribution in [2.24, 2.45) is 0 Å². The number of amides is 1. The van der Waals surface area contributed by atoms with Crippen LogP contribution in [0.5, 0.6) is 11.6 Å². The standard InChI is InChI=1S/C20H19N7O2S/c1-11-9-12(2)27(25-11)17-10-18(22-14(4)21-17)29-16-7-5-15(6-8-16)23-20(28)19-13(3)24-26-30-19/h5-10H,1-4H3,(H,23,28). The zero-order valence-electron chi connectivity index (χ0n) is 16.9. The SMILES string of the molecule is Cc1cc(C)n(-c2cc(Oc3ccc(NC(=O)c4snnc4C)cc3)nc(C)n2)n1. The molecule has 0 fully saturated rings. The maximum absolute atomic E-state index is 12.3. The molecule has 4 aromatic rings. The van der Waals surface area contributed by atoms with Gasteiger partial charge in [-0.3, -0.25) is 4.79 Å². The average molecular weight is 421 g/mol. The molecule has 9 nitrogen and oxygen atoms in total. The topological polar surface area (TPSA) is 108 Å². The minimum absolute atomic E-state index is 0.239. The Morgan fingerprint density at radius 3 is 2.47 bits per heavy atom. The fourth-order valence-electron chi connectivity index (χ4n) is 2.90. The molecule has 1 amide bonds. The Bertz CT molecular complexity index is 1210. The molecule has 0 radical (unpaired) electrons. The van der Waals surface area contributed by atoms with Crippen molar-refractivity contribution in [3.8, 4) is 17.4 Å². The predicted molar refractivity (Wildman–Crippen MR) is 112 cm³/mol. The lowest BCUT2D eigenvalue weighted by atomic mass is 10.3. The number of rotatable bonds is 5. The van der Waals surface area contributed by atoms with Gasteiger partial charge >= 0.3 is 0 Å². The zero-order chi connectivity index (χ0) is 21.3. The van der Waals surface area contributed by atoms with Crippen LogP contribution in [0.1, 0.15) is 32.6 Å². The molecule has 3 heterocycles. The van der Waals surface area contributed by atoms with Gasteiger partial charge in [-0.05, 0) is 69.6 Å². The van der Waals surface area contributed by atoms with Crippen molar-refractivity contribution < 1.29 is 9.53 Å². The van der Waals surface area contributed by atoms with E-state index in [0.717, 1.165) is 22.9 Å². The summed E-state index contributed by atoms with van der Waals surface area (Å²) in [5, 5.41) is 11.1. The van der Waals surface area contributed by atoms with Crippen molar-refractivity contribution in [2.75, 3.05) is 5.32 Å². The number of carbonyl (C=O) groups excluding carboxylic acids is 1. The van der Waals surface area contributed by atoms with E-state index in [4.69, 9.17) is 4.74 Å². The second-order valence-corrected chi connectivity index (χ2v) is 7.47. The molecule has 10 heteroatoms. The van der Waals surface area contributed by atoms with E-state index in [9.17, 15) is 4.79 Å². The Hall–Kier alpha value is -3.66. The van der Waals surface area contributed by atoms with Crippen LogP contribution >= 0.6 is 11.5 Å². The van der Waals surface area contributed by atoms with E-state index in [1.54, 1.807) is 48.9 Å². The molecule has 0 atom stereocenters. The number of aromatic nitrogens is 6. The number of carbonyl (C=O) groups is 1. The van der Waals surface area contributed by atoms with Gasteiger partial charge in [0.1, 0.15) is 16.5 Å². The maximum Gasteiger partial charge on any atom is 0.269 e. The number of aryl methyl sites for hydroxylation is 4. The minimum atomic E-state index is -0.239. The van der Waals surface area contributed by atoms with Gasteiger partial charge < -0.3 is 10.1 Å². The first-order valence-corrected chi connectivity index (χ1v) is 9.94. The van der Waals surface area contributed by atoms with Crippen LogP contribution in [0, 0.1) is 27.7 Å². The number of anilines is 1. The molecule has 0 unspecified atom stereocenters. The normalized spacial score (nSPS) is 10.8. The number of ether oxygens (including phenoxy) is 1. The van der Waals surface area contributed by atoms with Crippen LogP contribution in [0.3, 0.4) is 0 Å². The highest BCUT2D eigenvalue weighted by atomic mass is 32.1. The third-order valence-electron chi connectivity index (χ3n) is 4.22. The Morgan fingerprint density at radius 1 is 1.07 bits per heavy atom. The lowest BCUT2D eigenvalue weighted by Crippen LogP contribution is -2.11. The minimum Gasteiger partial charge on any atom is -0.439 e. The largest absolute Gasteiger partial charge is 0.439 e. The molecule has 3 aromatic heterocycles. The van der Waals surface area contributed by atoms with Gasteiger partial charge in [0.15, 0.2) is 5.82 Å². The van der Waals surface area contributed by atoms with Crippen molar-refractivity contribution in [2.45, 2.75) is 27.7 Å². The van der Waals surface area contributed by atoms with Crippen LogP contribution in [0.2, 0.25) is 0 Å². The smallest absolute Gasteiger partial charge is 0.269 e. The Labute approximate surface area is 176 Å². The molecule has 0 saturated carbocycles. The molecule has 0 aliphatic carbocycles. The van der Waals surface area contributed by atoms with Crippen molar-refractivity contribution in [1.82, 2.24) is 29.3 Å². The van der Waals surface area contributed by atoms with E-state index in [2.05, 4.69) is 30.0 Å². The average Bonchev–Trinajstić information content (AvgIpc) is 3.27. The Morgan fingerprint density at radius 2 is 1.83 bits per heavy atom. The van der Waals surface area contributed by atoms with Gasteiger partial charge in [0.05, 0.1) is 11.4 Å². The van der Waals surface area contributed by atoms with E-state index < -0.39 is 0 Å². The molecular weight excluding hydrogens is 402 g/mol. The molecule has 1 N–H and O–H groups in total. The predicted octanol–water partition coefficient (Wildman–Crippen LogP) is 3.79. The third-order valence-corrected chi connectivity index (χ3v) is 5.05. The summed E-state index contributed by atoms with van der Waals surface area (Å²) in [4.78, 5) is 21.6. The second-order valence-electron chi connectivity index (χ2n) is 6.72. The van der Waals surface area contributed by atoms with Gasteiger partial charge in [-0.2, -0.15) is 10.1 Å². The second kappa shape index (κ2) is 7.99. The van der Waals surface area contributed by atoms with Gasteiger partial charge in [-0.25, -0.2) is 9.67 Å². The third kappa shape index (κ3) is 4.18. The number of nitrogens with one attached hydrogen (secondary N) is 1. The molecule has 0 saturated heterocycles. The van der Waals surface area contributed by atoms with Crippen LogP contribution in [-0.4, -0.2) is 35.2 Å². The number of nitrogens with zero attached hydrogens (tertiary/aromatic N) is 6. The van der Waals surface area contributed by atoms with E-state index in [1.165, 1.54) is 0 Å². The first kappa shape index (κ1) is 19.6. The molecule has 4 rings (SSSR count). The van der Waals surface area contributed by atoms with E-state index in [1.807, 2.05) is 19.9 Å².